The van der Waals surface area contributed by atoms with E-state index in [4.69, 9.17) is 0 Å². The number of aliphatic imine (C=N–C) groups is 1. The maximum Gasteiger partial charge on any atom is 0.401 e. The average molecular weight is 547 g/mol. The van der Waals surface area contributed by atoms with Crippen molar-refractivity contribution in [3.63, 3.8) is 0 Å². The Kier molecular flexibility index (Phi) is 10.1. The monoisotopic (exact) mass is 547 g/mol. The number of likely N-dealkylation sites (tertiary alicyclic amines) is 1. The van der Waals surface area contributed by atoms with Gasteiger partial charge in [-0.2, -0.15) is 13.2 Å². The molecular weight excluding hydrogens is 514 g/mol. The summed E-state index contributed by atoms with van der Waals surface area (Å²) in [6, 6.07) is 0. The maximum atomic E-state index is 12.7. The van der Waals surface area contributed by atoms with Gasteiger partial charge in [-0.15, -0.1) is 35.3 Å². The molecule has 1 aromatic rings. The van der Waals surface area contributed by atoms with E-state index in [1.54, 1.807) is 25.3 Å². The molecular formula is C19H33F3IN5S. The second kappa shape index (κ2) is 11.1. The van der Waals surface area contributed by atoms with Crippen molar-refractivity contribution in [2.24, 2.45) is 10.9 Å². The van der Waals surface area contributed by atoms with Gasteiger partial charge >= 0.3 is 6.18 Å². The molecule has 2 rings (SSSR count). The SMILES string of the molecule is CCN(CC1CCN(C(=NC)NCc2nc(C(C)(C)C)cs2)C1)CC(F)(F)F.I. The van der Waals surface area contributed by atoms with E-state index in [0.717, 1.165) is 36.2 Å². The first-order valence-corrected chi connectivity index (χ1v) is 10.6. The molecule has 2 heterocycles. The van der Waals surface area contributed by atoms with E-state index < -0.39 is 12.7 Å². The summed E-state index contributed by atoms with van der Waals surface area (Å²) in [7, 11) is 1.74. The van der Waals surface area contributed by atoms with Gasteiger partial charge in [0.15, 0.2) is 5.96 Å². The molecule has 1 aliphatic heterocycles. The molecule has 0 amide bonds. The first kappa shape index (κ1) is 26.4. The van der Waals surface area contributed by atoms with E-state index in [0.29, 0.717) is 19.6 Å². The van der Waals surface area contributed by atoms with Crippen LogP contribution in [0, 0.1) is 5.92 Å². The Morgan fingerprint density at radius 3 is 2.59 bits per heavy atom. The number of nitrogens with one attached hydrogen (secondary N) is 1. The fourth-order valence-corrected chi connectivity index (χ4v) is 4.28. The molecule has 0 saturated carbocycles. The molecule has 0 radical (unpaired) electrons. The molecule has 1 N–H and O–H groups in total. The Hall–Kier alpha value is -0.620. The summed E-state index contributed by atoms with van der Waals surface area (Å²) in [4.78, 5) is 12.6. The Morgan fingerprint density at radius 2 is 2.07 bits per heavy atom. The average Bonchev–Trinajstić information content (AvgIpc) is 3.23. The van der Waals surface area contributed by atoms with Crippen molar-refractivity contribution in [2.45, 2.75) is 52.3 Å². The van der Waals surface area contributed by atoms with E-state index in [2.05, 4.69) is 46.3 Å². The topological polar surface area (TPSA) is 43.8 Å². The van der Waals surface area contributed by atoms with Crippen LogP contribution in [0.25, 0.3) is 0 Å². The molecule has 1 atom stereocenters. The Balaban J connectivity index is 0.00000420. The van der Waals surface area contributed by atoms with Gasteiger partial charge in [-0.1, -0.05) is 27.7 Å². The third kappa shape index (κ3) is 8.56. The fourth-order valence-electron chi connectivity index (χ4n) is 3.32. The van der Waals surface area contributed by atoms with Gasteiger partial charge in [0.25, 0.3) is 0 Å². The summed E-state index contributed by atoms with van der Waals surface area (Å²) in [5.41, 5.74) is 1.11. The van der Waals surface area contributed by atoms with Gasteiger partial charge in [-0.25, -0.2) is 4.98 Å². The normalized spacial score (nSPS) is 18.3. The third-order valence-corrected chi connectivity index (χ3v) is 5.73. The van der Waals surface area contributed by atoms with Crippen molar-refractivity contribution in [3.8, 4) is 0 Å². The number of guanidine groups is 1. The van der Waals surface area contributed by atoms with E-state index in [1.165, 1.54) is 4.90 Å². The van der Waals surface area contributed by atoms with Crippen LogP contribution in [0.2, 0.25) is 0 Å². The van der Waals surface area contributed by atoms with E-state index >= 15 is 0 Å². The highest BCUT2D eigenvalue weighted by molar-refractivity contribution is 14.0. The molecule has 1 aliphatic rings. The molecule has 168 valence electrons. The second-order valence-electron chi connectivity index (χ2n) is 8.32. The molecule has 0 spiro atoms. The predicted octanol–water partition coefficient (Wildman–Crippen LogP) is 4.34. The molecule has 1 aromatic heterocycles. The second-order valence-corrected chi connectivity index (χ2v) is 9.26. The lowest BCUT2D eigenvalue weighted by molar-refractivity contribution is -0.146. The molecule has 1 saturated heterocycles. The van der Waals surface area contributed by atoms with E-state index in [-0.39, 0.29) is 35.3 Å². The van der Waals surface area contributed by atoms with Gasteiger partial charge in [0.2, 0.25) is 0 Å². The van der Waals surface area contributed by atoms with Gasteiger partial charge in [0.05, 0.1) is 18.8 Å². The van der Waals surface area contributed by atoms with Crippen LogP contribution in [0.4, 0.5) is 13.2 Å². The van der Waals surface area contributed by atoms with Crippen molar-refractivity contribution in [1.82, 2.24) is 20.1 Å². The van der Waals surface area contributed by atoms with Crippen molar-refractivity contribution >= 4 is 41.3 Å². The number of rotatable bonds is 6. The smallest absolute Gasteiger partial charge is 0.350 e. The van der Waals surface area contributed by atoms with Gasteiger partial charge in [-0.05, 0) is 18.9 Å². The summed E-state index contributed by atoms with van der Waals surface area (Å²) in [6.07, 6.45) is -3.27. The minimum atomic E-state index is -4.15. The van der Waals surface area contributed by atoms with Crippen LogP contribution in [0.1, 0.15) is 44.8 Å². The Bertz CT molecular complexity index is 657. The lowest BCUT2D eigenvalue weighted by Crippen LogP contribution is -2.41. The standard InChI is InChI=1S/C19H32F3N5S.HI/c1-6-26(13-19(20,21)22)10-14-7-8-27(11-14)17(23-5)24-9-16-25-15(12-28-16)18(2,3)4;/h12,14H,6-11,13H2,1-5H3,(H,23,24);1H. The zero-order valence-corrected chi connectivity index (χ0v) is 21.0. The Morgan fingerprint density at radius 1 is 1.38 bits per heavy atom. The van der Waals surface area contributed by atoms with Crippen molar-refractivity contribution in [3.05, 3.63) is 16.1 Å². The van der Waals surface area contributed by atoms with Crippen LogP contribution in [-0.4, -0.2) is 66.7 Å². The number of halogens is 4. The fraction of sp³-hybridized carbons (Fsp3) is 0.789. The summed E-state index contributed by atoms with van der Waals surface area (Å²) in [5.74, 6) is 1.00. The first-order chi connectivity index (χ1) is 13.0. The Labute approximate surface area is 193 Å². The first-order valence-electron chi connectivity index (χ1n) is 9.71. The van der Waals surface area contributed by atoms with Crippen molar-refractivity contribution < 1.29 is 13.2 Å². The van der Waals surface area contributed by atoms with Gasteiger partial charge in [0.1, 0.15) is 5.01 Å². The lowest BCUT2D eigenvalue weighted by Gasteiger charge is -2.26. The van der Waals surface area contributed by atoms with Crippen molar-refractivity contribution in [1.29, 1.82) is 0 Å². The van der Waals surface area contributed by atoms with Crippen LogP contribution >= 0.6 is 35.3 Å². The highest BCUT2D eigenvalue weighted by Crippen LogP contribution is 2.24. The number of thiazole rings is 1. The molecule has 5 nitrogen and oxygen atoms in total. The third-order valence-electron chi connectivity index (χ3n) is 4.88. The highest BCUT2D eigenvalue weighted by Gasteiger charge is 2.33. The molecule has 0 aliphatic carbocycles. The molecule has 10 heteroatoms. The van der Waals surface area contributed by atoms with Crippen molar-refractivity contribution in [2.75, 3.05) is 39.8 Å². The lowest BCUT2D eigenvalue weighted by atomic mass is 9.93. The summed E-state index contributed by atoms with van der Waals surface area (Å²) in [5, 5.41) is 6.44. The number of hydrogen-bond acceptors (Lipinski definition) is 4. The number of alkyl halides is 3. The molecule has 0 bridgehead atoms. The van der Waals surface area contributed by atoms with Crippen LogP contribution in [0.15, 0.2) is 10.4 Å². The number of nitrogens with zero attached hydrogens (tertiary/aromatic N) is 4. The number of aromatic nitrogens is 1. The summed E-state index contributed by atoms with van der Waals surface area (Å²) < 4.78 is 38.0. The molecule has 1 fully saturated rings. The molecule has 29 heavy (non-hydrogen) atoms. The van der Waals surface area contributed by atoms with Gasteiger partial charge < -0.3 is 10.2 Å². The quantitative estimate of drug-likeness (QED) is 0.327. The molecule has 1 unspecified atom stereocenters. The zero-order chi connectivity index (χ0) is 20.9. The predicted molar refractivity (Wildman–Crippen MR) is 124 cm³/mol. The summed E-state index contributed by atoms with van der Waals surface area (Å²) >= 11 is 1.63. The van der Waals surface area contributed by atoms with Gasteiger partial charge in [0, 0.05) is 37.5 Å². The minimum absolute atomic E-state index is 0. The van der Waals surface area contributed by atoms with Crippen LogP contribution in [0.3, 0.4) is 0 Å². The van der Waals surface area contributed by atoms with Crippen LogP contribution in [-0.2, 0) is 12.0 Å². The minimum Gasteiger partial charge on any atom is -0.350 e. The maximum absolute atomic E-state index is 12.7. The molecule has 0 aromatic carbocycles. The largest absolute Gasteiger partial charge is 0.401 e. The van der Waals surface area contributed by atoms with E-state index in [9.17, 15) is 13.2 Å². The summed E-state index contributed by atoms with van der Waals surface area (Å²) in [6.45, 7) is 10.4. The number of hydrogen-bond donors (Lipinski definition) is 1. The highest BCUT2D eigenvalue weighted by atomic mass is 127. The van der Waals surface area contributed by atoms with Crippen LogP contribution in [0.5, 0.6) is 0 Å². The van der Waals surface area contributed by atoms with E-state index in [1.807, 2.05) is 0 Å². The van der Waals surface area contributed by atoms with Gasteiger partial charge in [-0.3, -0.25) is 9.89 Å². The van der Waals surface area contributed by atoms with Crippen LogP contribution < -0.4 is 5.32 Å². The zero-order valence-electron chi connectivity index (χ0n) is 17.8.